The number of amides is 1. The van der Waals surface area contributed by atoms with Crippen LogP contribution in [0.5, 0.6) is 0 Å². The molecule has 0 spiro atoms. The van der Waals surface area contributed by atoms with E-state index in [2.05, 4.69) is 4.90 Å². The van der Waals surface area contributed by atoms with Crippen LogP contribution in [0.3, 0.4) is 0 Å². The highest BCUT2D eigenvalue weighted by Gasteiger charge is 2.20. The van der Waals surface area contributed by atoms with Crippen molar-refractivity contribution in [3.05, 3.63) is 71.3 Å². The Kier molecular flexibility index (Phi) is 5.76. The number of benzene rings is 2. The Morgan fingerprint density at radius 1 is 0.800 bits per heavy atom. The van der Waals surface area contributed by atoms with Crippen LogP contribution >= 0.6 is 0 Å². The van der Waals surface area contributed by atoms with E-state index in [4.69, 9.17) is 0 Å². The van der Waals surface area contributed by atoms with Crippen LogP contribution in [0.15, 0.2) is 48.5 Å². The fraction of sp³-hybridized carbons (Fsp3) is 0.350. The first-order chi connectivity index (χ1) is 12.1. The summed E-state index contributed by atoms with van der Waals surface area (Å²) in [5.74, 6) is -0.409. The van der Waals surface area contributed by atoms with Crippen LogP contribution < -0.4 is 0 Å². The lowest BCUT2D eigenvalue weighted by molar-refractivity contribution is -0.132. The van der Waals surface area contributed by atoms with E-state index in [1.54, 1.807) is 12.1 Å². The highest BCUT2D eigenvalue weighted by atomic mass is 19.1. The molecule has 1 amide bonds. The van der Waals surface area contributed by atoms with E-state index in [0.717, 1.165) is 37.2 Å². The van der Waals surface area contributed by atoms with Crippen molar-refractivity contribution in [1.82, 2.24) is 9.80 Å². The van der Waals surface area contributed by atoms with Crippen molar-refractivity contribution < 1.29 is 13.6 Å². The molecule has 1 fully saturated rings. The van der Waals surface area contributed by atoms with Crippen LogP contribution in [0.2, 0.25) is 0 Å². The Morgan fingerprint density at radius 3 is 1.88 bits per heavy atom. The van der Waals surface area contributed by atoms with Gasteiger partial charge in [0.2, 0.25) is 5.91 Å². The Balaban J connectivity index is 1.42. The number of carbonyl (C=O) groups excluding carboxylic acids is 1. The molecule has 2 aromatic carbocycles. The van der Waals surface area contributed by atoms with Crippen LogP contribution in [-0.4, -0.2) is 48.4 Å². The number of hydrogen-bond donors (Lipinski definition) is 0. The van der Waals surface area contributed by atoms with E-state index in [1.165, 1.54) is 24.3 Å². The second kappa shape index (κ2) is 8.21. The van der Waals surface area contributed by atoms with E-state index < -0.39 is 0 Å². The second-order valence-corrected chi connectivity index (χ2v) is 6.40. The van der Waals surface area contributed by atoms with Gasteiger partial charge in [0.25, 0.3) is 0 Å². The molecule has 1 aliphatic rings. The molecule has 1 aliphatic heterocycles. The van der Waals surface area contributed by atoms with Crippen LogP contribution in [-0.2, 0) is 17.6 Å². The number of hydrogen-bond acceptors (Lipinski definition) is 2. The van der Waals surface area contributed by atoms with Crippen molar-refractivity contribution >= 4 is 5.91 Å². The maximum absolute atomic E-state index is 12.9. The van der Waals surface area contributed by atoms with Gasteiger partial charge in [0.15, 0.2) is 0 Å². The van der Waals surface area contributed by atoms with Crippen molar-refractivity contribution in [3.8, 4) is 0 Å². The van der Waals surface area contributed by atoms with Gasteiger partial charge in [0.1, 0.15) is 11.6 Å². The van der Waals surface area contributed by atoms with Crippen molar-refractivity contribution in [2.75, 3.05) is 32.7 Å². The van der Waals surface area contributed by atoms with Crippen molar-refractivity contribution in [2.45, 2.75) is 12.8 Å². The fourth-order valence-electron chi connectivity index (χ4n) is 3.05. The minimum atomic E-state index is -0.286. The summed E-state index contributed by atoms with van der Waals surface area (Å²) >= 11 is 0. The molecule has 1 saturated heterocycles. The Hall–Kier alpha value is -2.27. The third-order valence-electron chi connectivity index (χ3n) is 4.62. The van der Waals surface area contributed by atoms with Gasteiger partial charge >= 0.3 is 0 Å². The zero-order chi connectivity index (χ0) is 17.6. The molecule has 0 aliphatic carbocycles. The van der Waals surface area contributed by atoms with Gasteiger partial charge in [-0.1, -0.05) is 24.3 Å². The van der Waals surface area contributed by atoms with E-state index in [9.17, 15) is 13.6 Å². The molecule has 0 bridgehead atoms. The van der Waals surface area contributed by atoms with Crippen molar-refractivity contribution in [3.63, 3.8) is 0 Å². The summed E-state index contributed by atoms with van der Waals surface area (Å²) in [4.78, 5) is 16.5. The molecular formula is C20H22F2N2O. The summed E-state index contributed by atoms with van der Waals surface area (Å²) in [6, 6.07) is 12.7. The van der Waals surface area contributed by atoms with E-state index in [-0.39, 0.29) is 17.5 Å². The molecular weight excluding hydrogens is 322 g/mol. The first-order valence-electron chi connectivity index (χ1n) is 8.59. The monoisotopic (exact) mass is 344 g/mol. The largest absolute Gasteiger partial charge is 0.340 e. The maximum atomic E-state index is 12.9. The minimum Gasteiger partial charge on any atom is -0.340 e. The van der Waals surface area contributed by atoms with Gasteiger partial charge in [-0.2, -0.15) is 0 Å². The summed E-state index contributed by atoms with van der Waals surface area (Å²) in [6.45, 7) is 4.02. The molecule has 3 nitrogen and oxygen atoms in total. The summed E-state index contributed by atoms with van der Waals surface area (Å²) in [5, 5.41) is 0. The number of carbonyl (C=O) groups is 1. The lowest BCUT2D eigenvalue weighted by Crippen LogP contribution is -2.49. The smallest absolute Gasteiger partial charge is 0.227 e. The zero-order valence-corrected chi connectivity index (χ0v) is 14.1. The molecule has 0 N–H and O–H groups in total. The van der Waals surface area contributed by atoms with E-state index in [1.807, 2.05) is 17.0 Å². The van der Waals surface area contributed by atoms with E-state index >= 15 is 0 Å². The van der Waals surface area contributed by atoms with Gasteiger partial charge in [-0.25, -0.2) is 8.78 Å². The molecule has 5 heteroatoms. The predicted molar refractivity (Wildman–Crippen MR) is 93.2 cm³/mol. The molecule has 0 saturated carbocycles. The Morgan fingerprint density at radius 2 is 1.32 bits per heavy atom. The fourth-order valence-corrected chi connectivity index (χ4v) is 3.05. The SMILES string of the molecule is O=C(Cc1ccc(F)cc1)N1CCN(CCc2ccc(F)cc2)CC1. The number of rotatable bonds is 5. The van der Waals surface area contributed by atoms with E-state index in [0.29, 0.717) is 19.5 Å². The first kappa shape index (κ1) is 17.5. The normalized spacial score (nSPS) is 15.4. The van der Waals surface area contributed by atoms with Crippen LogP contribution in [0.25, 0.3) is 0 Å². The molecule has 3 rings (SSSR count). The average molecular weight is 344 g/mol. The molecule has 0 radical (unpaired) electrons. The summed E-state index contributed by atoms with van der Waals surface area (Å²) in [5.41, 5.74) is 1.96. The van der Waals surface area contributed by atoms with Crippen molar-refractivity contribution in [2.24, 2.45) is 0 Å². The third-order valence-corrected chi connectivity index (χ3v) is 4.62. The first-order valence-corrected chi connectivity index (χ1v) is 8.59. The molecule has 25 heavy (non-hydrogen) atoms. The molecule has 1 heterocycles. The quantitative estimate of drug-likeness (QED) is 0.833. The zero-order valence-electron chi connectivity index (χ0n) is 14.1. The summed E-state index contributed by atoms with van der Waals surface area (Å²) < 4.78 is 25.8. The molecule has 0 unspecified atom stereocenters. The summed E-state index contributed by atoms with van der Waals surface area (Å²) in [7, 11) is 0. The molecule has 0 aromatic heterocycles. The third kappa shape index (κ3) is 5.10. The Bertz CT molecular complexity index is 693. The van der Waals surface area contributed by atoms with Gasteiger partial charge in [0, 0.05) is 32.7 Å². The molecule has 132 valence electrons. The number of piperazine rings is 1. The van der Waals surface area contributed by atoms with Crippen LogP contribution in [0.4, 0.5) is 8.78 Å². The molecule has 2 aromatic rings. The highest BCUT2D eigenvalue weighted by molar-refractivity contribution is 5.78. The van der Waals surface area contributed by atoms with Gasteiger partial charge in [-0.15, -0.1) is 0 Å². The lowest BCUT2D eigenvalue weighted by Gasteiger charge is -2.34. The van der Waals surface area contributed by atoms with Gasteiger partial charge < -0.3 is 4.90 Å². The van der Waals surface area contributed by atoms with Gasteiger partial charge in [-0.3, -0.25) is 9.69 Å². The van der Waals surface area contributed by atoms with Gasteiger partial charge in [0.05, 0.1) is 6.42 Å². The lowest BCUT2D eigenvalue weighted by atomic mass is 10.1. The maximum Gasteiger partial charge on any atom is 0.227 e. The van der Waals surface area contributed by atoms with Crippen LogP contribution in [0.1, 0.15) is 11.1 Å². The standard InChI is InChI=1S/C20H22F2N2O/c21-18-5-1-16(2-6-18)9-10-23-11-13-24(14-12-23)20(25)15-17-3-7-19(22)8-4-17/h1-8H,9-15H2. The highest BCUT2D eigenvalue weighted by Crippen LogP contribution is 2.10. The number of halogens is 2. The molecule has 0 atom stereocenters. The number of nitrogens with zero attached hydrogens (tertiary/aromatic N) is 2. The minimum absolute atomic E-state index is 0.0878. The average Bonchev–Trinajstić information content (AvgIpc) is 2.63. The Labute approximate surface area is 146 Å². The van der Waals surface area contributed by atoms with Crippen LogP contribution in [0, 0.1) is 11.6 Å². The summed E-state index contributed by atoms with van der Waals surface area (Å²) in [6.07, 6.45) is 1.19. The predicted octanol–water partition coefficient (Wildman–Crippen LogP) is 2.89. The topological polar surface area (TPSA) is 23.6 Å². The van der Waals surface area contributed by atoms with Gasteiger partial charge in [-0.05, 0) is 41.8 Å². The van der Waals surface area contributed by atoms with Crippen molar-refractivity contribution in [1.29, 1.82) is 0 Å². The second-order valence-electron chi connectivity index (χ2n) is 6.40.